The van der Waals surface area contributed by atoms with Gasteiger partial charge >= 0.3 is 0 Å². The molecule has 2 aromatic heterocycles. The topological polar surface area (TPSA) is 53.9 Å². The normalized spacial score (nSPS) is 14.6. The number of pyridine rings is 1. The van der Waals surface area contributed by atoms with Gasteiger partial charge in [0.1, 0.15) is 0 Å². The van der Waals surface area contributed by atoms with Crippen LogP contribution in [0.3, 0.4) is 0 Å². The molecular weight excluding hydrogens is 288 g/mol. The van der Waals surface area contributed by atoms with E-state index in [9.17, 15) is 4.79 Å². The first kappa shape index (κ1) is 14.0. The third kappa shape index (κ3) is 2.71. The van der Waals surface area contributed by atoms with Gasteiger partial charge in [-0.2, -0.15) is 0 Å². The van der Waals surface area contributed by atoms with E-state index in [1.165, 1.54) is 5.56 Å². The summed E-state index contributed by atoms with van der Waals surface area (Å²) in [6.45, 7) is 2.50. The number of hydrogen-bond acceptors (Lipinski definition) is 3. The minimum absolute atomic E-state index is 0.0106. The summed E-state index contributed by atoms with van der Waals surface area (Å²) >= 11 is 0. The van der Waals surface area contributed by atoms with E-state index < -0.39 is 0 Å². The Morgan fingerprint density at radius 3 is 2.70 bits per heavy atom. The highest BCUT2D eigenvalue weighted by molar-refractivity contribution is 5.28. The van der Waals surface area contributed by atoms with Crippen LogP contribution in [0.1, 0.15) is 16.8 Å². The van der Waals surface area contributed by atoms with Crippen LogP contribution in [0.15, 0.2) is 59.5 Å². The number of benzene rings is 1. The van der Waals surface area contributed by atoms with Gasteiger partial charge in [-0.05, 0) is 17.7 Å². The highest BCUT2D eigenvalue weighted by Gasteiger charge is 2.23. The predicted octanol–water partition coefficient (Wildman–Crippen LogP) is 2.12. The van der Waals surface area contributed by atoms with Crippen LogP contribution in [0.2, 0.25) is 0 Å². The zero-order chi connectivity index (χ0) is 15.6. The van der Waals surface area contributed by atoms with Crippen LogP contribution in [-0.4, -0.2) is 26.2 Å². The largest absolute Gasteiger partial charge is 0.294 e. The molecule has 1 aliphatic heterocycles. The fraction of sp³-hybridized carbons (Fsp3) is 0.222. The van der Waals surface area contributed by atoms with E-state index in [-0.39, 0.29) is 5.56 Å². The molecule has 5 heteroatoms. The van der Waals surface area contributed by atoms with Crippen molar-refractivity contribution in [1.29, 1.82) is 0 Å². The smallest absolute Gasteiger partial charge is 0.277 e. The van der Waals surface area contributed by atoms with E-state index in [1.807, 2.05) is 24.3 Å². The first-order chi connectivity index (χ1) is 11.3. The van der Waals surface area contributed by atoms with Crippen molar-refractivity contribution in [2.45, 2.75) is 19.5 Å². The molecule has 0 amide bonds. The molecule has 0 radical (unpaired) electrons. The van der Waals surface area contributed by atoms with Crippen molar-refractivity contribution in [2.75, 3.05) is 6.54 Å². The lowest BCUT2D eigenvalue weighted by atomic mass is 10.1. The maximum Gasteiger partial charge on any atom is 0.277 e. The number of aromatic nitrogens is 3. The molecule has 116 valence electrons. The quantitative estimate of drug-likeness (QED) is 0.806. The number of nitrogens with zero attached hydrogens (tertiary/aromatic N) is 3. The second-order valence-electron chi connectivity index (χ2n) is 5.84. The van der Waals surface area contributed by atoms with Gasteiger partial charge in [0.2, 0.25) is 0 Å². The van der Waals surface area contributed by atoms with Gasteiger partial charge in [-0.15, -0.1) is 0 Å². The Bertz CT molecular complexity index is 852. The van der Waals surface area contributed by atoms with Crippen LogP contribution < -0.4 is 5.56 Å². The highest BCUT2D eigenvalue weighted by Crippen LogP contribution is 2.17. The van der Waals surface area contributed by atoms with Gasteiger partial charge in [-0.3, -0.25) is 14.8 Å². The number of hydrogen-bond donors (Lipinski definition) is 1. The molecule has 0 atom stereocenters. The molecule has 4 rings (SSSR count). The molecule has 1 aliphatic rings. The molecule has 3 aromatic rings. The summed E-state index contributed by atoms with van der Waals surface area (Å²) in [4.78, 5) is 19.3. The molecule has 5 nitrogen and oxygen atoms in total. The first-order valence-corrected chi connectivity index (χ1v) is 7.82. The molecule has 1 aromatic carbocycles. The monoisotopic (exact) mass is 306 g/mol. The minimum Gasteiger partial charge on any atom is -0.294 e. The fourth-order valence-corrected chi connectivity index (χ4v) is 3.08. The standard InChI is InChI=1S/C18H18N4O/c23-18-15-13-21(12-14-6-2-1-3-7-14)11-9-16(15)20-22(18)17-8-4-5-10-19-17/h1-8,10,20H,9,11-13H2. The molecule has 0 bridgehead atoms. The van der Waals surface area contributed by atoms with E-state index in [0.717, 1.165) is 30.8 Å². The summed E-state index contributed by atoms with van der Waals surface area (Å²) in [5, 5.41) is 3.22. The van der Waals surface area contributed by atoms with Crippen molar-refractivity contribution in [3.05, 3.63) is 81.9 Å². The second kappa shape index (κ2) is 5.85. The van der Waals surface area contributed by atoms with E-state index in [0.29, 0.717) is 12.4 Å². The Balaban J connectivity index is 1.60. The molecule has 0 fully saturated rings. The lowest BCUT2D eigenvalue weighted by Gasteiger charge is -2.25. The first-order valence-electron chi connectivity index (χ1n) is 7.82. The van der Waals surface area contributed by atoms with Crippen LogP contribution in [0.4, 0.5) is 0 Å². The summed E-state index contributed by atoms with van der Waals surface area (Å²) in [6.07, 6.45) is 2.56. The van der Waals surface area contributed by atoms with Crippen molar-refractivity contribution in [3.8, 4) is 5.82 Å². The van der Waals surface area contributed by atoms with E-state index in [4.69, 9.17) is 0 Å². The van der Waals surface area contributed by atoms with Gasteiger partial charge in [-0.1, -0.05) is 36.4 Å². The average Bonchev–Trinajstić information content (AvgIpc) is 2.93. The van der Waals surface area contributed by atoms with Crippen molar-refractivity contribution in [1.82, 2.24) is 19.7 Å². The lowest BCUT2D eigenvalue weighted by molar-refractivity contribution is 0.244. The maximum atomic E-state index is 12.7. The second-order valence-corrected chi connectivity index (χ2v) is 5.84. The molecule has 0 saturated heterocycles. The molecular formula is C18H18N4O. The van der Waals surface area contributed by atoms with Crippen LogP contribution in [0, 0.1) is 0 Å². The van der Waals surface area contributed by atoms with Crippen molar-refractivity contribution in [3.63, 3.8) is 0 Å². The number of aromatic amines is 1. The van der Waals surface area contributed by atoms with Crippen LogP contribution in [0.5, 0.6) is 0 Å². The van der Waals surface area contributed by atoms with Gasteiger partial charge in [0.15, 0.2) is 5.82 Å². The van der Waals surface area contributed by atoms with Gasteiger partial charge < -0.3 is 0 Å². The van der Waals surface area contributed by atoms with Crippen molar-refractivity contribution < 1.29 is 0 Å². The number of fused-ring (bicyclic) bond motifs is 1. The summed E-state index contributed by atoms with van der Waals surface area (Å²) in [5.41, 5.74) is 3.18. The predicted molar refractivity (Wildman–Crippen MR) is 88.4 cm³/mol. The Morgan fingerprint density at radius 2 is 1.91 bits per heavy atom. The third-order valence-corrected chi connectivity index (χ3v) is 4.26. The van der Waals surface area contributed by atoms with Crippen LogP contribution in [-0.2, 0) is 19.5 Å². The summed E-state index contributed by atoms with van der Waals surface area (Å²) in [5.74, 6) is 0.640. The maximum absolute atomic E-state index is 12.7. The lowest BCUT2D eigenvalue weighted by Crippen LogP contribution is -2.32. The molecule has 0 saturated carbocycles. The highest BCUT2D eigenvalue weighted by atomic mass is 16.1. The Hall–Kier alpha value is -2.66. The van der Waals surface area contributed by atoms with Gasteiger partial charge in [0.25, 0.3) is 5.56 Å². The zero-order valence-electron chi connectivity index (χ0n) is 12.8. The van der Waals surface area contributed by atoms with Crippen LogP contribution in [0.25, 0.3) is 5.82 Å². The molecule has 23 heavy (non-hydrogen) atoms. The molecule has 0 spiro atoms. The average molecular weight is 306 g/mol. The Labute approximate surface area is 134 Å². The summed E-state index contributed by atoms with van der Waals surface area (Å²) in [7, 11) is 0. The van der Waals surface area contributed by atoms with E-state index >= 15 is 0 Å². The number of H-pyrrole nitrogens is 1. The Morgan fingerprint density at radius 1 is 1.09 bits per heavy atom. The molecule has 1 N–H and O–H groups in total. The Kier molecular flexibility index (Phi) is 3.55. The zero-order valence-corrected chi connectivity index (χ0v) is 12.8. The number of rotatable bonds is 3. The van der Waals surface area contributed by atoms with Gasteiger partial charge in [0, 0.05) is 37.9 Å². The van der Waals surface area contributed by atoms with Crippen molar-refractivity contribution in [2.24, 2.45) is 0 Å². The molecule has 0 aliphatic carbocycles. The molecule has 3 heterocycles. The van der Waals surface area contributed by atoms with Crippen molar-refractivity contribution >= 4 is 0 Å². The SMILES string of the molecule is O=c1c2c([nH]n1-c1ccccn1)CCN(Cc1ccccc1)C2. The summed E-state index contributed by atoms with van der Waals surface area (Å²) in [6, 6.07) is 15.9. The van der Waals surface area contributed by atoms with Crippen LogP contribution >= 0.6 is 0 Å². The minimum atomic E-state index is 0.0106. The summed E-state index contributed by atoms with van der Waals surface area (Å²) < 4.78 is 1.55. The molecule has 0 unspecified atom stereocenters. The van der Waals surface area contributed by atoms with Gasteiger partial charge in [0.05, 0.1) is 5.56 Å². The van der Waals surface area contributed by atoms with E-state index in [1.54, 1.807) is 10.9 Å². The van der Waals surface area contributed by atoms with Gasteiger partial charge in [-0.25, -0.2) is 9.67 Å². The number of nitrogens with one attached hydrogen (secondary N) is 1. The fourth-order valence-electron chi connectivity index (χ4n) is 3.08. The van der Waals surface area contributed by atoms with E-state index in [2.05, 4.69) is 39.2 Å². The third-order valence-electron chi connectivity index (χ3n) is 4.26.